The normalized spacial score (nSPS) is 12.7. The minimum Gasteiger partial charge on any atom is -0.462 e. The summed E-state index contributed by atoms with van der Waals surface area (Å²) in [6.07, 6.45) is 56.0. The van der Waals surface area contributed by atoms with Crippen LogP contribution in [0.2, 0.25) is 0 Å². The van der Waals surface area contributed by atoms with Gasteiger partial charge in [0, 0.05) is 19.3 Å². The Bertz CT molecular complexity index is 1100. The number of carbonyl (C=O) groups is 3. The number of allylic oxidation sites excluding steroid dienone is 12. The van der Waals surface area contributed by atoms with Crippen molar-refractivity contribution < 1.29 is 28.6 Å². The van der Waals surface area contributed by atoms with Crippen LogP contribution in [0.5, 0.6) is 0 Å². The van der Waals surface area contributed by atoms with Gasteiger partial charge in [-0.15, -0.1) is 0 Å². The number of carbonyl (C=O) groups excluding carboxylic acids is 3. The summed E-state index contributed by atoms with van der Waals surface area (Å²) in [5, 5.41) is 0. The van der Waals surface area contributed by atoms with Gasteiger partial charge in [0.15, 0.2) is 6.10 Å². The molecule has 0 saturated heterocycles. The third-order valence-corrected chi connectivity index (χ3v) is 9.69. The first-order valence-electron chi connectivity index (χ1n) is 23.5. The molecule has 1 atom stereocenters. The zero-order valence-electron chi connectivity index (χ0n) is 37.1. The molecule has 0 heterocycles. The maximum Gasteiger partial charge on any atom is 0.306 e. The molecule has 57 heavy (non-hydrogen) atoms. The smallest absolute Gasteiger partial charge is 0.306 e. The molecule has 0 radical (unpaired) electrons. The van der Waals surface area contributed by atoms with Gasteiger partial charge in [0.05, 0.1) is 0 Å². The van der Waals surface area contributed by atoms with E-state index in [1.165, 1.54) is 83.5 Å². The fourth-order valence-electron chi connectivity index (χ4n) is 6.15. The molecule has 6 heteroatoms. The summed E-state index contributed by atoms with van der Waals surface area (Å²) in [6, 6.07) is 0. The van der Waals surface area contributed by atoms with E-state index in [0.29, 0.717) is 19.3 Å². The topological polar surface area (TPSA) is 78.9 Å². The summed E-state index contributed by atoms with van der Waals surface area (Å²) in [7, 11) is 0. The van der Waals surface area contributed by atoms with E-state index in [4.69, 9.17) is 14.2 Å². The second-order valence-electron chi connectivity index (χ2n) is 15.3. The fourth-order valence-corrected chi connectivity index (χ4v) is 6.15. The van der Waals surface area contributed by atoms with Crippen LogP contribution >= 0.6 is 0 Å². The largest absolute Gasteiger partial charge is 0.462 e. The molecule has 0 aliphatic carbocycles. The minimum atomic E-state index is -0.806. The predicted molar refractivity (Wildman–Crippen MR) is 242 cm³/mol. The molecule has 0 saturated carbocycles. The number of hydrogen-bond acceptors (Lipinski definition) is 6. The summed E-state index contributed by atoms with van der Waals surface area (Å²) in [5.74, 6) is -0.992. The van der Waals surface area contributed by atoms with Crippen LogP contribution in [-0.2, 0) is 28.6 Å². The van der Waals surface area contributed by atoms with Gasteiger partial charge in [-0.25, -0.2) is 0 Å². The SMILES string of the molecule is CC/C=C\C/C=C\C/C=C\CCCC(=O)OCC(COC(=O)CCCCCCCC/C=C\C=C/CCCCC)OC(=O)CCCCC/C=C\CCCCCCCC. The van der Waals surface area contributed by atoms with Crippen molar-refractivity contribution >= 4 is 17.9 Å². The second-order valence-corrected chi connectivity index (χ2v) is 15.3. The molecule has 0 N–H and O–H groups in total. The van der Waals surface area contributed by atoms with Gasteiger partial charge in [0.1, 0.15) is 13.2 Å². The highest BCUT2D eigenvalue weighted by atomic mass is 16.6. The Morgan fingerprint density at radius 1 is 0.386 bits per heavy atom. The van der Waals surface area contributed by atoms with Crippen molar-refractivity contribution in [1.82, 2.24) is 0 Å². The van der Waals surface area contributed by atoms with Crippen LogP contribution in [0.1, 0.15) is 213 Å². The first kappa shape index (κ1) is 53.9. The van der Waals surface area contributed by atoms with Crippen molar-refractivity contribution in [1.29, 1.82) is 0 Å². The van der Waals surface area contributed by atoms with Gasteiger partial charge < -0.3 is 14.2 Å². The van der Waals surface area contributed by atoms with Crippen molar-refractivity contribution in [2.24, 2.45) is 0 Å². The van der Waals surface area contributed by atoms with E-state index < -0.39 is 6.10 Å². The van der Waals surface area contributed by atoms with Crippen LogP contribution in [0.4, 0.5) is 0 Å². The molecule has 0 aliphatic heterocycles. The number of rotatable bonds is 41. The minimum absolute atomic E-state index is 0.104. The van der Waals surface area contributed by atoms with E-state index >= 15 is 0 Å². The van der Waals surface area contributed by atoms with Gasteiger partial charge in [-0.05, 0) is 96.3 Å². The lowest BCUT2D eigenvalue weighted by Gasteiger charge is -2.18. The van der Waals surface area contributed by atoms with Gasteiger partial charge in [-0.3, -0.25) is 14.4 Å². The van der Waals surface area contributed by atoms with Crippen LogP contribution in [-0.4, -0.2) is 37.2 Å². The first-order chi connectivity index (χ1) is 28.0. The van der Waals surface area contributed by atoms with E-state index in [1.54, 1.807) is 0 Å². The molecule has 0 aliphatic rings. The molecule has 0 aromatic carbocycles. The first-order valence-corrected chi connectivity index (χ1v) is 23.5. The Labute approximate surface area is 351 Å². The third kappa shape index (κ3) is 43.8. The molecule has 6 nitrogen and oxygen atoms in total. The number of unbranched alkanes of at least 4 members (excludes halogenated alkanes) is 19. The van der Waals surface area contributed by atoms with Gasteiger partial charge in [-0.1, -0.05) is 171 Å². The molecule has 1 unspecified atom stereocenters. The van der Waals surface area contributed by atoms with Gasteiger partial charge in [-0.2, -0.15) is 0 Å². The summed E-state index contributed by atoms with van der Waals surface area (Å²) < 4.78 is 16.6. The average Bonchev–Trinajstić information content (AvgIpc) is 3.21. The highest BCUT2D eigenvalue weighted by molar-refractivity contribution is 5.71. The maximum atomic E-state index is 12.7. The molecular weight excluding hydrogens is 709 g/mol. The second kappa shape index (κ2) is 45.6. The van der Waals surface area contributed by atoms with Gasteiger partial charge in [0.25, 0.3) is 0 Å². The highest BCUT2D eigenvalue weighted by Crippen LogP contribution is 2.12. The number of hydrogen-bond donors (Lipinski definition) is 0. The van der Waals surface area contributed by atoms with Crippen molar-refractivity contribution in [2.45, 2.75) is 219 Å². The monoisotopic (exact) mass is 795 g/mol. The quantitative estimate of drug-likeness (QED) is 0.0202. The summed E-state index contributed by atoms with van der Waals surface area (Å²) in [6.45, 7) is 6.39. The molecule has 326 valence electrons. The molecule has 0 aromatic rings. The maximum absolute atomic E-state index is 12.7. The van der Waals surface area contributed by atoms with Crippen molar-refractivity contribution in [3.05, 3.63) is 72.9 Å². The Hall–Kier alpha value is -3.15. The Kier molecular flexibility index (Phi) is 43.0. The third-order valence-electron chi connectivity index (χ3n) is 9.69. The molecule has 0 rings (SSSR count). The van der Waals surface area contributed by atoms with E-state index in [0.717, 1.165) is 83.5 Å². The molecule has 0 bridgehead atoms. The number of esters is 3. The molecule has 0 spiro atoms. The van der Waals surface area contributed by atoms with Crippen LogP contribution < -0.4 is 0 Å². The Morgan fingerprint density at radius 3 is 1.32 bits per heavy atom. The van der Waals surface area contributed by atoms with E-state index in [1.807, 2.05) is 0 Å². The lowest BCUT2D eigenvalue weighted by atomic mass is 10.1. The molecule has 0 aromatic heterocycles. The van der Waals surface area contributed by atoms with Crippen molar-refractivity contribution in [3.63, 3.8) is 0 Å². The lowest BCUT2D eigenvalue weighted by Crippen LogP contribution is -2.30. The molecule has 0 amide bonds. The molecule has 0 fully saturated rings. The molecular formula is C51H86O6. The zero-order valence-corrected chi connectivity index (χ0v) is 37.1. The zero-order chi connectivity index (χ0) is 41.5. The standard InChI is InChI=1S/C51H86O6/c1-4-7-10-13-16-19-22-24-25-27-29-32-35-38-41-44-50(53)56-47-48(46-55-49(52)43-40-37-34-31-28-21-18-15-12-9-6-3)57-51(54)45-42-39-36-33-30-26-23-20-17-14-11-8-5-2/h9,12,16,18-19,21-22,24,26,30-31,34,48H,4-8,10-11,13-15,17,20,23,25,27-29,32-33,35-47H2,1-3H3/b12-9-,19-16-,21-18-,24-22-,30-26-,34-31-. The van der Waals surface area contributed by atoms with E-state index in [9.17, 15) is 14.4 Å². The lowest BCUT2D eigenvalue weighted by molar-refractivity contribution is -0.167. The van der Waals surface area contributed by atoms with Crippen molar-refractivity contribution in [3.8, 4) is 0 Å². The average molecular weight is 795 g/mol. The summed E-state index contributed by atoms with van der Waals surface area (Å²) >= 11 is 0. The fraction of sp³-hybridized carbons (Fsp3) is 0.706. The highest BCUT2D eigenvalue weighted by Gasteiger charge is 2.19. The Morgan fingerprint density at radius 2 is 0.754 bits per heavy atom. The van der Waals surface area contributed by atoms with Crippen LogP contribution in [0.3, 0.4) is 0 Å². The van der Waals surface area contributed by atoms with Gasteiger partial charge in [0.2, 0.25) is 0 Å². The van der Waals surface area contributed by atoms with Crippen LogP contribution in [0.25, 0.3) is 0 Å². The van der Waals surface area contributed by atoms with Crippen LogP contribution in [0, 0.1) is 0 Å². The Balaban J connectivity index is 4.47. The van der Waals surface area contributed by atoms with Crippen LogP contribution in [0.15, 0.2) is 72.9 Å². The van der Waals surface area contributed by atoms with Gasteiger partial charge >= 0.3 is 17.9 Å². The summed E-state index contributed by atoms with van der Waals surface area (Å²) in [4.78, 5) is 37.7. The van der Waals surface area contributed by atoms with E-state index in [-0.39, 0.29) is 37.5 Å². The summed E-state index contributed by atoms with van der Waals surface area (Å²) in [5.41, 5.74) is 0. The van der Waals surface area contributed by atoms with E-state index in [2.05, 4.69) is 93.7 Å². The van der Waals surface area contributed by atoms with Crippen molar-refractivity contribution in [2.75, 3.05) is 13.2 Å². The predicted octanol–water partition coefficient (Wildman–Crippen LogP) is 15.1. The number of ether oxygens (including phenoxy) is 3.